The van der Waals surface area contributed by atoms with Crippen LogP contribution in [0.5, 0.6) is 0 Å². The van der Waals surface area contributed by atoms with Gasteiger partial charge in [-0.05, 0) is 30.5 Å². The topological polar surface area (TPSA) is 89.2 Å². The van der Waals surface area contributed by atoms with Crippen LogP contribution >= 0.6 is 0 Å². The van der Waals surface area contributed by atoms with E-state index in [1.165, 1.54) is 23.0 Å². The molecule has 2 aliphatic rings. The lowest BCUT2D eigenvalue weighted by Crippen LogP contribution is -2.50. The first-order valence-corrected chi connectivity index (χ1v) is 9.54. The van der Waals surface area contributed by atoms with Crippen molar-refractivity contribution in [1.29, 1.82) is 0 Å². The minimum Gasteiger partial charge on any atom is -0.333 e. The van der Waals surface area contributed by atoms with Gasteiger partial charge in [-0.1, -0.05) is 18.2 Å². The van der Waals surface area contributed by atoms with Crippen LogP contribution in [0.25, 0.3) is 0 Å². The van der Waals surface area contributed by atoms with Gasteiger partial charge in [0, 0.05) is 45.2 Å². The second-order valence-corrected chi connectivity index (χ2v) is 7.53. The Morgan fingerprint density at radius 2 is 2.00 bits per heavy atom. The lowest BCUT2D eigenvalue weighted by atomic mass is 9.92. The molecule has 1 amide bonds. The predicted octanol–water partition coefficient (Wildman–Crippen LogP) is 0.645. The summed E-state index contributed by atoms with van der Waals surface area (Å²) in [5.41, 5.74) is 10.8. The average Bonchev–Trinajstić information content (AvgIpc) is 3.36. The van der Waals surface area contributed by atoms with Crippen LogP contribution in [0.1, 0.15) is 33.4 Å². The van der Waals surface area contributed by atoms with Gasteiger partial charge in [0.1, 0.15) is 6.33 Å². The lowest BCUT2D eigenvalue weighted by molar-refractivity contribution is 0.0604. The third-order valence-electron chi connectivity index (χ3n) is 5.75. The van der Waals surface area contributed by atoms with E-state index < -0.39 is 0 Å². The fourth-order valence-corrected chi connectivity index (χ4v) is 3.94. The number of aryl methyl sites for hydroxylation is 2. The Labute approximate surface area is 159 Å². The third-order valence-corrected chi connectivity index (χ3v) is 5.75. The lowest BCUT2D eigenvalue weighted by Gasteiger charge is -2.36. The molecule has 144 valence electrons. The molecule has 8 heteroatoms. The van der Waals surface area contributed by atoms with E-state index in [-0.39, 0.29) is 5.91 Å². The first-order chi connectivity index (χ1) is 13.1. The van der Waals surface area contributed by atoms with Crippen LogP contribution in [0, 0.1) is 19.8 Å². The van der Waals surface area contributed by atoms with Gasteiger partial charge < -0.3 is 4.90 Å². The van der Waals surface area contributed by atoms with Crippen molar-refractivity contribution in [3.8, 4) is 0 Å². The molecular formula is C19H27N7O. The second-order valence-electron chi connectivity index (χ2n) is 7.53. The number of nitrogens with zero attached hydrogens (tertiary/aromatic N) is 4. The van der Waals surface area contributed by atoms with Crippen LogP contribution in [-0.2, 0) is 0 Å². The summed E-state index contributed by atoms with van der Waals surface area (Å²) in [6, 6.07) is 7.04. The fourth-order valence-electron chi connectivity index (χ4n) is 3.94. The van der Waals surface area contributed by atoms with E-state index in [4.69, 9.17) is 0 Å². The van der Waals surface area contributed by atoms with Crippen LogP contribution in [-0.4, -0.2) is 70.2 Å². The Kier molecular flexibility index (Phi) is 5.20. The predicted molar refractivity (Wildman–Crippen MR) is 102 cm³/mol. The van der Waals surface area contributed by atoms with E-state index in [9.17, 15) is 4.79 Å². The molecule has 0 radical (unpaired) electrons. The Hall–Kier alpha value is -2.29. The van der Waals surface area contributed by atoms with Crippen molar-refractivity contribution >= 4 is 5.91 Å². The molecule has 27 heavy (non-hydrogen) atoms. The smallest absolute Gasteiger partial charge is 0.291 e. The molecule has 0 saturated carbocycles. The molecule has 3 heterocycles. The monoisotopic (exact) mass is 369 g/mol. The summed E-state index contributed by atoms with van der Waals surface area (Å²) in [6.45, 7) is 9.50. The number of aromatic nitrogens is 3. The number of rotatable bonds is 4. The van der Waals surface area contributed by atoms with Crippen LogP contribution in [0.4, 0.5) is 0 Å². The number of carbonyl (C=O) groups is 1. The van der Waals surface area contributed by atoms with Gasteiger partial charge in [0.25, 0.3) is 5.91 Å². The van der Waals surface area contributed by atoms with Crippen molar-refractivity contribution in [2.75, 3.05) is 39.3 Å². The zero-order chi connectivity index (χ0) is 18.8. The Balaban J connectivity index is 1.34. The molecular weight excluding hydrogens is 342 g/mol. The highest BCUT2D eigenvalue weighted by atomic mass is 16.2. The molecule has 2 unspecified atom stereocenters. The third kappa shape index (κ3) is 3.87. The largest absolute Gasteiger partial charge is 0.333 e. The summed E-state index contributed by atoms with van der Waals surface area (Å²) in [6.07, 6.45) is 1.37. The minimum absolute atomic E-state index is 0.0654. The maximum atomic E-state index is 12.4. The van der Waals surface area contributed by atoms with E-state index in [2.05, 4.69) is 63.0 Å². The van der Waals surface area contributed by atoms with Crippen LogP contribution in [0.2, 0.25) is 0 Å². The van der Waals surface area contributed by atoms with E-state index >= 15 is 0 Å². The molecule has 0 aliphatic carbocycles. The first kappa shape index (κ1) is 18.1. The maximum Gasteiger partial charge on any atom is 0.291 e. The van der Waals surface area contributed by atoms with Gasteiger partial charge in [0.05, 0.1) is 6.04 Å². The van der Waals surface area contributed by atoms with Gasteiger partial charge in [0.15, 0.2) is 0 Å². The normalized spacial score (nSPS) is 23.7. The average molecular weight is 369 g/mol. The highest BCUT2D eigenvalue weighted by Gasteiger charge is 2.32. The molecule has 0 bridgehead atoms. The van der Waals surface area contributed by atoms with Crippen molar-refractivity contribution in [3.05, 3.63) is 47.0 Å². The fraction of sp³-hybridized carbons (Fsp3) is 0.526. The van der Waals surface area contributed by atoms with E-state index in [0.717, 1.165) is 39.3 Å². The quantitative estimate of drug-likeness (QED) is 0.733. The summed E-state index contributed by atoms with van der Waals surface area (Å²) in [7, 11) is 0. The van der Waals surface area contributed by atoms with Gasteiger partial charge in [-0.3, -0.25) is 20.2 Å². The molecule has 2 fully saturated rings. The Morgan fingerprint density at radius 3 is 2.70 bits per heavy atom. The number of H-pyrrole nitrogens is 1. The number of carbonyl (C=O) groups excluding carboxylic acids is 1. The second kappa shape index (κ2) is 7.75. The van der Waals surface area contributed by atoms with Crippen molar-refractivity contribution in [1.82, 2.24) is 35.8 Å². The Bertz CT molecular complexity index is 783. The molecule has 2 atom stereocenters. The zero-order valence-electron chi connectivity index (χ0n) is 15.9. The van der Waals surface area contributed by atoms with Crippen molar-refractivity contribution in [3.63, 3.8) is 0 Å². The number of benzene rings is 1. The van der Waals surface area contributed by atoms with Crippen molar-refractivity contribution in [2.45, 2.75) is 19.9 Å². The Morgan fingerprint density at radius 1 is 1.19 bits per heavy atom. The summed E-state index contributed by atoms with van der Waals surface area (Å²) >= 11 is 0. The number of nitrogens with one attached hydrogen (secondary N) is 3. The van der Waals surface area contributed by atoms with E-state index in [1.807, 2.05) is 4.90 Å². The molecule has 3 N–H and O–H groups in total. The zero-order valence-corrected chi connectivity index (χ0v) is 15.9. The van der Waals surface area contributed by atoms with Gasteiger partial charge >= 0.3 is 0 Å². The SMILES string of the molecule is Cc1ccc(C2NNCC2CN2CCN(C(=O)c3ncn[nH]3)CC2)cc1C. The van der Waals surface area contributed by atoms with Crippen molar-refractivity contribution < 1.29 is 4.79 Å². The van der Waals surface area contributed by atoms with Gasteiger partial charge in [-0.15, -0.1) is 0 Å². The molecule has 2 saturated heterocycles. The maximum absolute atomic E-state index is 12.4. The van der Waals surface area contributed by atoms with Gasteiger partial charge in [-0.25, -0.2) is 10.4 Å². The molecule has 2 aromatic rings. The summed E-state index contributed by atoms with van der Waals surface area (Å²) in [4.78, 5) is 20.6. The van der Waals surface area contributed by atoms with Gasteiger partial charge in [0.2, 0.25) is 5.82 Å². The molecule has 1 aromatic heterocycles. The summed E-state index contributed by atoms with van der Waals surface area (Å²) in [5.74, 6) is 0.760. The van der Waals surface area contributed by atoms with Crippen LogP contribution < -0.4 is 10.9 Å². The number of amides is 1. The number of aromatic amines is 1. The van der Waals surface area contributed by atoms with E-state index in [1.54, 1.807) is 0 Å². The molecule has 1 aromatic carbocycles. The number of hydrogen-bond donors (Lipinski definition) is 3. The number of piperazine rings is 1. The highest BCUT2D eigenvalue weighted by molar-refractivity contribution is 5.90. The van der Waals surface area contributed by atoms with Gasteiger partial charge in [-0.2, -0.15) is 5.10 Å². The number of hydrazine groups is 1. The molecule has 8 nitrogen and oxygen atoms in total. The number of hydrogen-bond acceptors (Lipinski definition) is 6. The van der Waals surface area contributed by atoms with Crippen LogP contribution in [0.3, 0.4) is 0 Å². The van der Waals surface area contributed by atoms with Crippen molar-refractivity contribution in [2.24, 2.45) is 5.92 Å². The first-order valence-electron chi connectivity index (χ1n) is 9.54. The minimum atomic E-state index is -0.0654. The standard InChI is InChI=1S/C19H27N7O/c1-13-3-4-15(9-14(13)2)17-16(10-21-23-17)11-25-5-7-26(8-6-25)19(27)18-20-12-22-24-18/h3-4,9,12,16-17,21,23H,5-8,10-11H2,1-2H3,(H,20,22,24). The van der Waals surface area contributed by atoms with E-state index in [0.29, 0.717) is 17.8 Å². The highest BCUT2D eigenvalue weighted by Crippen LogP contribution is 2.27. The molecule has 0 spiro atoms. The molecule has 4 rings (SSSR count). The van der Waals surface area contributed by atoms with Crippen LogP contribution in [0.15, 0.2) is 24.5 Å². The summed E-state index contributed by atoms with van der Waals surface area (Å²) < 4.78 is 0. The molecule has 2 aliphatic heterocycles. The summed E-state index contributed by atoms with van der Waals surface area (Å²) in [5, 5.41) is 6.42.